The second-order valence-electron chi connectivity index (χ2n) is 3.45. The van der Waals surface area contributed by atoms with Crippen molar-refractivity contribution in [1.82, 2.24) is 14.6 Å². The van der Waals surface area contributed by atoms with Crippen LogP contribution in [0.1, 0.15) is 24.4 Å². The van der Waals surface area contributed by atoms with Gasteiger partial charge in [0.15, 0.2) is 11.5 Å². The lowest BCUT2D eigenvalue weighted by Gasteiger charge is -2.06. The molecule has 4 nitrogen and oxygen atoms in total. The summed E-state index contributed by atoms with van der Waals surface area (Å²) in [4.78, 5) is 3.79. The SMILES string of the molecule is CC(N)c1nc2c(C(F)(F)F)cccn2n1. The van der Waals surface area contributed by atoms with Gasteiger partial charge in [-0.05, 0) is 19.1 Å². The fourth-order valence-corrected chi connectivity index (χ4v) is 1.34. The minimum atomic E-state index is -4.44. The van der Waals surface area contributed by atoms with Crippen molar-refractivity contribution in [3.05, 3.63) is 29.7 Å². The number of halogens is 3. The fourth-order valence-electron chi connectivity index (χ4n) is 1.34. The summed E-state index contributed by atoms with van der Waals surface area (Å²) in [6.45, 7) is 1.61. The maximum Gasteiger partial charge on any atom is 0.420 e. The van der Waals surface area contributed by atoms with Crippen LogP contribution in [-0.2, 0) is 6.18 Å². The Bertz CT molecular complexity index is 515. The Labute approximate surface area is 88.9 Å². The van der Waals surface area contributed by atoms with Crippen molar-refractivity contribution in [1.29, 1.82) is 0 Å². The summed E-state index contributed by atoms with van der Waals surface area (Å²) in [6.07, 6.45) is -3.03. The zero-order valence-corrected chi connectivity index (χ0v) is 8.36. The van der Waals surface area contributed by atoms with Crippen molar-refractivity contribution in [3.8, 4) is 0 Å². The van der Waals surface area contributed by atoms with Crippen LogP contribution in [0.25, 0.3) is 5.65 Å². The fraction of sp³-hybridized carbons (Fsp3) is 0.333. The van der Waals surface area contributed by atoms with E-state index in [0.29, 0.717) is 0 Å². The van der Waals surface area contributed by atoms with Gasteiger partial charge in [0.1, 0.15) is 5.56 Å². The van der Waals surface area contributed by atoms with Gasteiger partial charge < -0.3 is 5.73 Å². The number of fused-ring (bicyclic) bond motifs is 1. The highest BCUT2D eigenvalue weighted by Crippen LogP contribution is 2.31. The predicted octanol–water partition coefficient (Wildman–Crippen LogP) is 1.77. The molecule has 0 bridgehead atoms. The van der Waals surface area contributed by atoms with Crippen molar-refractivity contribution < 1.29 is 13.2 Å². The third-order valence-corrected chi connectivity index (χ3v) is 2.09. The number of hydrogen-bond donors (Lipinski definition) is 1. The molecule has 86 valence electrons. The normalized spacial score (nSPS) is 14.3. The molecule has 0 saturated carbocycles. The van der Waals surface area contributed by atoms with Gasteiger partial charge in [-0.25, -0.2) is 9.50 Å². The van der Waals surface area contributed by atoms with Gasteiger partial charge in [0.2, 0.25) is 0 Å². The molecular weight excluding hydrogens is 221 g/mol. The van der Waals surface area contributed by atoms with E-state index in [0.717, 1.165) is 10.6 Å². The third kappa shape index (κ3) is 1.73. The van der Waals surface area contributed by atoms with Gasteiger partial charge in [0.25, 0.3) is 0 Å². The third-order valence-electron chi connectivity index (χ3n) is 2.09. The Morgan fingerprint density at radius 1 is 1.44 bits per heavy atom. The van der Waals surface area contributed by atoms with E-state index in [-0.39, 0.29) is 11.5 Å². The number of aromatic nitrogens is 3. The predicted molar refractivity (Wildman–Crippen MR) is 50.6 cm³/mol. The van der Waals surface area contributed by atoms with E-state index in [2.05, 4.69) is 10.1 Å². The van der Waals surface area contributed by atoms with Crippen LogP contribution in [-0.4, -0.2) is 14.6 Å². The molecule has 2 heterocycles. The van der Waals surface area contributed by atoms with E-state index >= 15 is 0 Å². The van der Waals surface area contributed by atoms with Crippen LogP contribution in [0.15, 0.2) is 18.3 Å². The number of hydrogen-bond acceptors (Lipinski definition) is 3. The monoisotopic (exact) mass is 230 g/mol. The summed E-state index contributed by atoms with van der Waals surface area (Å²) >= 11 is 0. The molecule has 16 heavy (non-hydrogen) atoms. The van der Waals surface area contributed by atoms with Crippen LogP contribution in [0.2, 0.25) is 0 Å². The maximum absolute atomic E-state index is 12.6. The molecule has 0 aliphatic rings. The summed E-state index contributed by atoms with van der Waals surface area (Å²) in [5, 5.41) is 3.87. The van der Waals surface area contributed by atoms with E-state index in [1.54, 1.807) is 6.92 Å². The Kier molecular flexibility index (Phi) is 2.34. The minimum Gasteiger partial charge on any atom is -0.321 e. The highest BCUT2D eigenvalue weighted by atomic mass is 19.4. The second-order valence-corrected chi connectivity index (χ2v) is 3.45. The molecule has 0 aromatic carbocycles. The Hall–Kier alpha value is -1.63. The van der Waals surface area contributed by atoms with Gasteiger partial charge in [0, 0.05) is 6.20 Å². The molecule has 1 unspecified atom stereocenters. The molecule has 2 aromatic heterocycles. The summed E-state index contributed by atoms with van der Waals surface area (Å²) in [5.41, 5.74) is 4.49. The summed E-state index contributed by atoms with van der Waals surface area (Å²) in [5.74, 6) is 0.191. The molecule has 0 amide bonds. The topological polar surface area (TPSA) is 56.2 Å². The number of pyridine rings is 1. The van der Waals surface area contributed by atoms with E-state index in [1.807, 2.05) is 0 Å². The van der Waals surface area contributed by atoms with Gasteiger partial charge in [0.05, 0.1) is 6.04 Å². The lowest BCUT2D eigenvalue weighted by atomic mass is 10.2. The Morgan fingerprint density at radius 3 is 2.69 bits per heavy atom. The molecular formula is C9H9F3N4. The van der Waals surface area contributed by atoms with Crippen LogP contribution < -0.4 is 5.73 Å². The van der Waals surface area contributed by atoms with Gasteiger partial charge in [-0.1, -0.05) is 0 Å². The standard InChI is InChI=1S/C9H9F3N4/c1-5(13)7-14-8-6(9(10,11)12)3-2-4-16(8)15-7/h2-5H,13H2,1H3. The van der Waals surface area contributed by atoms with Gasteiger partial charge in [-0.3, -0.25) is 0 Å². The van der Waals surface area contributed by atoms with Crippen LogP contribution in [0, 0.1) is 0 Å². The minimum absolute atomic E-state index is 0.191. The molecule has 7 heteroatoms. The van der Waals surface area contributed by atoms with Gasteiger partial charge >= 0.3 is 6.18 Å². The lowest BCUT2D eigenvalue weighted by Crippen LogP contribution is -2.07. The first-order chi connectivity index (χ1) is 7.39. The van der Waals surface area contributed by atoms with Crippen LogP contribution in [0.5, 0.6) is 0 Å². The Balaban J connectivity index is 2.68. The maximum atomic E-state index is 12.6. The number of nitrogens with two attached hydrogens (primary N) is 1. The zero-order valence-electron chi connectivity index (χ0n) is 8.36. The molecule has 0 fully saturated rings. The van der Waals surface area contributed by atoms with E-state index < -0.39 is 17.8 Å². The summed E-state index contributed by atoms with van der Waals surface area (Å²) < 4.78 is 38.9. The first-order valence-corrected chi connectivity index (χ1v) is 4.57. The second kappa shape index (κ2) is 3.44. The van der Waals surface area contributed by atoms with E-state index in [9.17, 15) is 13.2 Å². The summed E-state index contributed by atoms with van der Waals surface area (Å²) in [7, 11) is 0. The van der Waals surface area contributed by atoms with Crippen molar-refractivity contribution >= 4 is 5.65 Å². The van der Waals surface area contributed by atoms with Crippen molar-refractivity contribution in [2.75, 3.05) is 0 Å². The molecule has 2 N–H and O–H groups in total. The average molecular weight is 230 g/mol. The number of alkyl halides is 3. The molecule has 0 aliphatic heterocycles. The number of rotatable bonds is 1. The first kappa shape index (κ1) is 10.9. The Morgan fingerprint density at radius 2 is 2.12 bits per heavy atom. The van der Waals surface area contributed by atoms with Crippen LogP contribution in [0.4, 0.5) is 13.2 Å². The quantitative estimate of drug-likeness (QED) is 0.812. The van der Waals surface area contributed by atoms with Gasteiger partial charge in [-0.15, -0.1) is 5.10 Å². The highest BCUT2D eigenvalue weighted by molar-refractivity contribution is 5.48. The van der Waals surface area contributed by atoms with Crippen molar-refractivity contribution in [3.63, 3.8) is 0 Å². The zero-order chi connectivity index (χ0) is 11.9. The first-order valence-electron chi connectivity index (χ1n) is 4.57. The molecule has 1 atom stereocenters. The lowest BCUT2D eigenvalue weighted by molar-refractivity contribution is -0.136. The van der Waals surface area contributed by atoms with Crippen LogP contribution in [0.3, 0.4) is 0 Å². The number of nitrogens with zero attached hydrogens (tertiary/aromatic N) is 3. The molecule has 2 rings (SSSR count). The average Bonchev–Trinajstić information content (AvgIpc) is 2.58. The highest BCUT2D eigenvalue weighted by Gasteiger charge is 2.34. The molecule has 2 aromatic rings. The summed E-state index contributed by atoms with van der Waals surface area (Å²) in [6, 6.07) is 1.74. The largest absolute Gasteiger partial charge is 0.420 e. The molecule has 0 radical (unpaired) electrons. The van der Waals surface area contributed by atoms with E-state index in [4.69, 9.17) is 5.73 Å². The molecule has 0 spiro atoms. The van der Waals surface area contributed by atoms with Crippen LogP contribution >= 0.6 is 0 Å². The van der Waals surface area contributed by atoms with E-state index in [1.165, 1.54) is 12.3 Å². The smallest absolute Gasteiger partial charge is 0.321 e. The molecule has 0 aliphatic carbocycles. The van der Waals surface area contributed by atoms with Crippen molar-refractivity contribution in [2.45, 2.75) is 19.1 Å². The van der Waals surface area contributed by atoms with Crippen molar-refractivity contribution in [2.24, 2.45) is 5.73 Å². The van der Waals surface area contributed by atoms with Gasteiger partial charge in [-0.2, -0.15) is 13.2 Å². The molecule has 0 saturated heterocycles.